The molecule has 2 N–H and O–H groups in total. The Morgan fingerprint density at radius 3 is 2.35 bits per heavy atom. The van der Waals surface area contributed by atoms with E-state index in [0.29, 0.717) is 82.1 Å². The van der Waals surface area contributed by atoms with Crippen molar-refractivity contribution < 1.29 is 33.4 Å². The molecule has 0 aromatic heterocycles. The highest BCUT2D eigenvalue weighted by Gasteiger charge is 2.37. The van der Waals surface area contributed by atoms with Crippen LogP contribution in [0.25, 0.3) is 0 Å². The van der Waals surface area contributed by atoms with Crippen molar-refractivity contribution in [1.29, 1.82) is 0 Å². The molecule has 6 aliphatic heterocycles. The summed E-state index contributed by atoms with van der Waals surface area (Å²) in [5.41, 5.74) is 1.86. The van der Waals surface area contributed by atoms with Crippen LogP contribution >= 0.6 is 0 Å². The lowest BCUT2D eigenvalue weighted by Crippen LogP contribution is -2.59. The molecule has 4 bridgehead atoms. The van der Waals surface area contributed by atoms with Crippen molar-refractivity contribution in [3.63, 3.8) is 0 Å². The third-order valence-corrected chi connectivity index (χ3v) is 8.43. The van der Waals surface area contributed by atoms with Gasteiger partial charge in [0.1, 0.15) is 11.9 Å². The maximum Gasteiger partial charge on any atom is 0.258 e. The van der Waals surface area contributed by atoms with Gasteiger partial charge < -0.3 is 34.6 Å². The van der Waals surface area contributed by atoms with E-state index in [4.69, 9.17) is 14.2 Å². The lowest BCUT2D eigenvalue weighted by Gasteiger charge is -2.41. The van der Waals surface area contributed by atoms with Crippen molar-refractivity contribution in [3.8, 4) is 17.2 Å². The van der Waals surface area contributed by atoms with Crippen LogP contribution in [-0.2, 0) is 32.1 Å². The summed E-state index contributed by atoms with van der Waals surface area (Å²) in [6, 6.07) is 12.5. The average molecular weight is 593 g/mol. The van der Waals surface area contributed by atoms with Crippen molar-refractivity contribution in [2.24, 2.45) is 5.92 Å². The third kappa shape index (κ3) is 7.77. The van der Waals surface area contributed by atoms with Gasteiger partial charge in [-0.2, -0.15) is 0 Å². The quantitative estimate of drug-likeness (QED) is 0.547. The SMILES string of the molecule is COc1cc2ccc1OCC(=O)N[C@@H]1CN(C(=O)C3CCN(C(C)=O)CC3)CC[C@H]1Oc1ccc(cc1)CNC(=O)CC2. The van der Waals surface area contributed by atoms with Gasteiger partial charge in [-0.15, -0.1) is 0 Å². The van der Waals surface area contributed by atoms with E-state index in [1.54, 1.807) is 17.9 Å². The molecule has 4 amide bonds. The Hall–Kier alpha value is -4.28. The van der Waals surface area contributed by atoms with Gasteiger partial charge in [-0.25, -0.2) is 0 Å². The molecular weight excluding hydrogens is 552 g/mol. The zero-order chi connectivity index (χ0) is 30.3. The van der Waals surface area contributed by atoms with Crippen molar-refractivity contribution >= 4 is 23.6 Å². The van der Waals surface area contributed by atoms with Crippen LogP contribution in [0.3, 0.4) is 0 Å². The molecule has 11 nitrogen and oxygen atoms in total. The second kappa shape index (κ2) is 13.8. The first-order valence-electron chi connectivity index (χ1n) is 14.9. The second-order valence-electron chi connectivity index (χ2n) is 11.4. The third-order valence-electron chi connectivity index (χ3n) is 8.43. The fraction of sp³-hybridized carbons (Fsp3) is 0.500. The highest BCUT2D eigenvalue weighted by molar-refractivity contribution is 5.81. The van der Waals surface area contributed by atoms with Gasteiger partial charge in [0, 0.05) is 58.4 Å². The smallest absolute Gasteiger partial charge is 0.258 e. The highest BCUT2D eigenvalue weighted by Crippen LogP contribution is 2.29. The van der Waals surface area contributed by atoms with Gasteiger partial charge in [-0.1, -0.05) is 18.2 Å². The van der Waals surface area contributed by atoms with Crippen molar-refractivity contribution in [3.05, 3.63) is 53.6 Å². The Kier molecular flexibility index (Phi) is 9.68. The van der Waals surface area contributed by atoms with E-state index >= 15 is 0 Å². The number of amides is 4. The van der Waals surface area contributed by atoms with Crippen molar-refractivity contribution in [1.82, 2.24) is 20.4 Å². The summed E-state index contributed by atoms with van der Waals surface area (Å²) in [6.45, 7) is 3.68. The number of likely N-dealkylation sites (tertiary alicyclic amines) is 2. The van der Waals surface area contributed by atoms with Crippen LogP contribution in [0.4, 0.5) is 0 Å². The molecule has 11 heteroatoms. The minimum absolute atomic E-state index is 0.0309. The molecular formula is C32H40N4O7. The van der Waals surface area contributed by atoms with E-state index in [0.717, 1.165) is 11.1 Å². The Labute approximate surface area is 251 Å². The topological polar surface area (TPSA) is 127 Å². The number of rotatable bonds is 2. The molecule has 6 aliphatic rings. The van der Waals surface area contributed by atoms with Gasteiger partial charge in [-0.3, -0.25) is 19.2 Å². The summed E-state index contributed by atoms with van der Waals surface area (Å²) in [7, 11) is 1.53. The summed E-state index contributed by atoms with van der Waals surface area (Å²) in [5, 5.41) is 6.01. The molecule has 230 valence electrons. The number of aryl methyl sites for hydroxylation is 1. The summed E-state index contributed by atoms with van der Waals surface area (Å²) >= 11 is 0. The molecule has 43 heavy (non-hydrogen) atoms. The summed E-state index contributed by atoms with van der Waals surface area (Å²) < 4.78 is 17.7. The molecule has 0 spiro atoms. The Morgan fingerprint density at radius 2 is 1.63 bits per heavy atom. The van der Waals surface area contributed by atoms with E-state index in [1.807, 2.05) is 41.3 Å². The van der Waals surface area contributed by atoms with E-state index in [2.05, 4.69) is 10.6 Å². The molecule has 8 rings (SSSR count). The molecule has 2 aromatic rings. The van der Waals surface area contributed by atoms with Crippen molar-refractivity contribution in [2.75, 3.05) is 39.9 Å². The lowest BCUT2D eigenvalue weighted by atomic mass is 9.93. The van der Waals surface area contributed by atoms with Crippen LogP contribution in [0, 0.1) is 5.92 Å². The molecule has 0 unspecified atom stereocenters. The predicted octanol–water partition coefficient (Wildman–Crippen LogP) is 2.06. The number of methoxy groups -OCH3 is 1. The van der Waals surface area contributed by atoms with E-state index in [9.17, 15) is 19.2 Å². The monoisotopic (exact) mass is 592 g/mol. The maximum atomic E-state index is 13.5. The van der Waals surface area contributed by atoms with Crippen LogP contribution in [0.5, 0.6) is 17.2 Å². The lowest BCUT2D eigenvalue weighted by molar-refractivity contribution is -0.142. The molecule has 0 aliphatic carbocycles. The van der Waals surface area contributed by atoms with E-state index in [1.165, 1.54) is 7.11 Å². The summed E-state index contributed by atoms with van der Waals surface area (Å²) in [5.74, 6) is 1.08. The number of hydrogen-bond donors (Lipinski definition) is 2. The van der Waals surface area contributed by atoms with Gasteiger partial charge in [0.15, 0.2) is 18.1 Å². The number of piperidine rings is 2. The van der Waals surface area contributed by atoms with Crippen LogP contribution in [-0.4, -0.2) is 85.5 Å². The first-order chi connectivity index (χ1) is 20.8. The maximum absolute atomic E-state index is 13.5. The first kappa shape index (κ1) is 30.2. The standard InChI is InChI=1S/C32H40N4O7/c1-21(37)35-14-11-24(12-15-35)32(40)36-16-13-27-26(19-36)34-31(39)20-42-28-9-5-22(17-29(28)41-2)6-10-30(38)33-18-23-3-7-25(43-27)8-4-23/h3-5,7-9,17,24,26-27H,6,10-16,18-20H2,1-2H3,(H,33,38)(H,34,39)/t26-,27-/m1/s1. The Bertz CT molecular complexity index is 1320. The zero-order valence-electron chi connectivity index (χ0n) is 24.8. The minimum atomic E-state index is -0.458. The van der Waals surface area contributed by atoms with Crippen molar-refractivity contribution in [2.45, 2.75) is 57.7 Å². The zero-order valence-corrected chi connectivity index (χ0v) is 24.8. The molecule has 6 heterocycles. The molecule has 0 radical (unpaired) electrons. The van der Waals surface area contributed by atoms with Gasteiger partial charge in [-0.05, 0) is 54.7 Å². The minimum Gasteiger partial charge on any atom is -0.493 e. The average Bonchev–Trinajstić information content (AvgIpc) is 3.02. The van der Waals surface area contributed by atoms with Gasteiger partial charge >= 0.3 is 0 Å². The molecule has 2 atom stereocenters. The van der Waals surface area contributed by atoms with Crippen LogP contribution in [0.1, 0.15) is 43.7 Å². The summed E-state index contributed by atoms with van der Waals surface area (Å²) in [4.78, 5) is 54.4. The number of benzene rings is 2. The van der Waals surface area contributed by atoms with Crippen LogP contribution < -0.4 is 24.8 Å². The molecule has 0 saturated carbocycles. The Morgan fingerprint density at radius 1 is 0.907 bits per heavy atom. The van der Waals surface area contributed by atoms with Gasteiger partial charge in [0.25, 0.3) is 5.91 Å². The largest absolute Gasteiger partial charge is 0.493 e. The molecule has 2 aromatic carbocycles. The number of carbonyl (C=O) groups is 4. The van der Waals surface area contributed by atoms with E-state index in [-0.39, 0.29) is 42.3 Å². The number of carbonyl (C=O) groups excluding carboxylic acids is 4. The number of ether oxygens (including phenoxy) is 3. The number of nitrogens with one attached hydrogen (secondary N) is 2. The highest BCUT2D eigenvalue weighted by atomic mass is 16.5. The number of hydrogen-bond acceptors (Lipinski definition) is 7. The normalized spacial score (nSPS) is 22.0. The first-order valence-corrected chi connectivity index (χ1v) is 14.9. The summed E-state index contributed by atoms with van der Waals surface area (Å²) in [6.07, 6.45) is 2.30. The Balaban J connectivity index is 1.32. The fourth-order valence-corrected chi connectivity index (χ4v) is 5.90. The second-order valence-corrected chi connectivity index (χ2v) is 11.4. The van der Waals surface area contributed by atoms with Gasteiger partial charge in [0.05, 0.1) is 13.2 Å². The van der Waals surface area contributed by atoms with Crippen LogP contribution in [0.15, 0.2) is 42.5 Å². The van der Waals surface area contributed by atoms with Gasteiger partial charge in [0.2, 0.25) is 17.7 Å². The molecule has 2 fully saturated rings. The fourth-order valence-electron chi connectivity index (χ4n) is 5.90. The predicted molar refractivity (Wildman–Crippen MR) is 158 cm³/mol. The molecule has 2 saturated heterocycles. The van der Waals surface area contributed by atoms with E-state index < -0.39 is 6.04 Å². The number of nitrogens with zero attached hydrogens (tertiary/aromatic N) is 2. The van der Waals surface area contributed by atoms with Crippen LogP contribution in [0.2, 0.25) is 0 Å².